The maximum atomic E-state index is 14.3. The molecule has 3 rings (SSSR count). The first-order valence-corrected chi connectivity index (χ1v) is 8.07. The summed E-state index contributed by atoms with van der Waals surface area (Å²) in [6.45, 7) is 1.23. The maximum Gasteiger partial charge on any atom is 0.128 e. The van der Waals surface area contributed by atoms with Crippen LogP contribution in [0.2, 0.25) is 0 Å². The third-order valence-electron chi connectivity index (χ3n) is 5.07. The fraction of sp³-hybridized carbons (Fsp3) is 0.647. The van der Waals surface area contributed by atoms with E-state index in [1.54, 1.807) is 13.2 Å². The molecule has 1 heterocycles. The summed E-state index contributed by atoms with van der Waals surface area (Å²) in [5, 5.41) is 0. The smallest absolute Gasteiger partial charge is 0.128 e. The normalized spacial score (nSPS) is 23.9. The van der Waals surface area contributed by atoms with Crippen molar-refractivity contribution in [3.05, 3.63) is 29.1 Å². The Morgan fingerprint density at radius 2 is 1.95 bits per heavy atom. The van der Waals surface area contributed by atoms with E-state index < -0.39 is 0 Å². The maximum absolute atomic E-state index is 14.3. The van der Waals surface area contributed by atoms with Gasteiger partial charge in [-0.25, -0.2) is 4.39 Å². The van der Waals surface area contributed by atoms with Crippen molar-refractivity contribution in [2.24, 2.45) is 5.73 Å². The standard InChI is InChI=1S/C17H25FN2O/c1-21-16-9-8-14(18)17-13(16)11-20(15(17)10-19)12-6-4-2-3-5-7-12/h8-9,12,15H,2-7,10-11,19H2,1H3. The number of nitrogens with zero attached hydrogens (tertiary/aromatic N) is 1. The van der Waals surface area contributed by atoms with Crippen LogP contribution in [0, 0.1) is 5.82 Å². The Kier molecular flexibility index (Phi) is 4.45. The van der Waals surface area contributed by atoms with E-state index in [1.807, 2.05) is 0 Å². The molecule has 21 heavy (non-hydrogen) atoms. The van der Waals surface area contributed by atoms with Gasteiger partial charge in [0.25, 0.3) is 0 Å². The van der Waals surface area contributed by atoms with Gasteiger partial charge in [0.15, 0.2) is 0 Å². The van der Waals surface area contributed by atoms with Gasteiger partial charge in [-0.05, 0) is 25.0 Å². The largest absolute Gasteiger partial charge is 0.496 e. The van der Waals surface area contributed by atoms with Crippen LogP contribution in [0.1, 0.15) is 55.7 Å². The molecule has 1 aliphatic carbocycles. The third-order valence-corrected chi connectivity index (χ3v) is 5.07. The molecule has 1 fully saturated rings. The van der Waals surface area contributed by atoms with Crippen LogP contribution in [-0.2, 0) is 6.54 Å². The van der Waals surface area contributed by atoms with Gasteiger partial charge in [-0.1, -0.05) is 25.7 Å². The second kappa shape index (κ2) is 6.32. The van der Waals surface area contributed by atoms with Gasteiger partial charge in [0, 0.05) is 30.3 Å². The van der Waals surface area contributed by atoms with Gasteiger partial charge in [0.1, 0.15) is 11.6 Å². The van der Waals surface area contributed by atoms with Gasteiger partial charge >= 0.3 is 0 Å². The van der Waals surface area contributed by atoms with E-state index in [9.17, 15) is 4.39 Å². The topological polar surface area (TPSA) is 38.5 Å². The number of methoxy groups -OCH3 is 1. The molecule has 4 heteroatoms. The lowest BCUT2D eigenvalue weighted by Gasteiger charge is -2.32. The lowest BCUT2D eigenvalue weighted by Crippen LogP contribution is -2.37. The van der Waals surface area contributed by atoms with Gasteiger partial charge in [0.2, 0.25) is 0 Å². The van der Waals surface area contributed by atoms with Crippen LogP contribution in [0.4, 0.5) is 4.39 Å². The number of halogens is 1. The molecule has 1 unspecified atom stereocenters. The molecule has 0 spiro atoms. The van der Waals surface area contributed by atoms with E-state index in [0.29, 0.717) is 12.6 Å². The zero-order valence-electron chi connectivity index (χ0n) is 12.8. The Hall–Kier alpha value is -1.13. The number of hydrogen-bond donors (Lipinski definition) is 1. The van der Waals surface area contributed by atoms with E-state index in [4.69, 9.17) is 10.5 Å². The van der Waals surface area contributed by atoms with Crippen molar-refractivity contribution in [3.8, 4) is 5.75 Å². The molecule has 0 amide bonds. The zero-order valence-corrected chi connectivity index (χ0v) is 12.8. The fourth-order valence-electron chi connectivity index (χ4n) is 4.02. The van der Waals surface area contributed by atoms with Gasteiger partial charge in [-0.2, -0.15) is 0 Å². The van der Waals surface area contributed by atoms with E-state index in [-0.39, 0.29) is 11.9 Å². The highest BCUT2D eigenvalue weighted by Gasteiger charge is 2.37. The second-order valence-corrected chi connectivity index (χ2v) is 6.21. The number of fused-ring (bicyclic) bond motifs is 1. The minimum absolute atomic E-state index is 0.00167. The van der Waals surface area contributed by atoms with Gasteiger partial charge in [0.05, 0.1) is 13.2 Å². The molecule has 2 aliphatic rings. The Bertz CT molecular complexity index is 498. The van der Waals surface area contributed by atoms with E-state index >= 15 is 0 Å². The van der Waals surface area contributed by atoms with Gasteiger partial charge in [-0.15, -0.1) is 0 Å². The number of benzene rings is 1. The molecule has 0 radical (unpaired) electrons. The molecule has 1 atom stereocenters. The van der Waals surface area contributed by atoms with Crippen molar-refractivity contribution in [1.29, 1.82) is 0 Å². The average molecular weight is 292 g/mol. The highest BCUT2D eigenvalue weighted by atomic mass is 19.1. The zero-order chi connectivity index (χ0) is 14.8. The van der Waals surface area contributed by atoms with Crippen LogP contribution in [0.3, 0.4) is 0 Å². The summed E-state index contributed by atoms with van der Waals surface area (Å²) < 4.78 is 19.8. The van der Waals surface area contributed by atoms with E-state index in [2.05, 4.69) is 4.90 Å². The number of hydrogen-bond acceptors (Lipinski definition) is 3. The molecule has 0 bridgehead atoms. The molecule has 2 N–H and O–H groups in total. The summed E-state index contributed by atoms with van der Waals surface area (Å²) >= 11 is 0. The molecule has 1 aromatic rings. The second-order valence-electron chi connectivity index (χ2n) is 6.21. The molecule has 1 aliphatic heterocycles. The first-order valence-electron chi connectivity index (χ1n) is 8.07. The molecular weight excluding hydrogens is 267 g/mol. The quantitative estimate of drug-likeness (QED) is 0.868. The summed E-state index contributed by atoms with van der Waals surface area (Å²) in [6, 6.07) is 3.77. The van der Waals surface area contributed by atoms with Crippen LogP contribution < -0.4 is 10.5 Å². The molecule has 1 saturated carbocycles. The van der Waals surface area contributed by atoms with E-state index in [0.717, 1.165) is 23.4 Å². The Labute approximate surface area is 126 Å². The van der Waals surface area contributed by atoms with Crippen molar-refractivity contribution in [3.63, 3.8) is 0 Å². The summed E-state index contributed by atoms with van der Waals surface area (Å²) in [4.78, 5) is 2.42. The van der Waals surface area contributed by atoms with Crippen molar-refractivity contribution in [2.75, 3.05) is 13.7 Å². The van der Waals surface area contributed by atoms with Crippen LogP contribution in [0.25, 0.3) is 0 Å². The molecular formula is C17H25FN2O. The molecule has 3 nitrogen and oxygen atoms in total. The van der Waals surface area contributed by atoms with Crippen molar-refractivity contribution in [1.82, 2.24) is 4.90 Å². The fourth-order valence-corrected chi connectivity index (χ4v) is 4.02. The van der Waals surface area contributed by atoms with Gasteiger partial charge < -0.3 is 10.5 Å². The summed E-state index contributed by atoms with van der Waals surface area (Å²) in [5.74, 6) is 0.651. The van der Waals surface area contributed by atoms with Crippen LogP contribution in [-0.4, -0.2) is 24.6 Å². The Morgan fingerprint density at radius 1 is 1.24 bits per heavy atom. The summed E-state index contributed by atoms with van der Waals surface area (Å²) in [6.07, 6.45) is 7.59. The predicted octanol–water partition coefficient (Wildman–Crippen LogP) is 3.37. The lowest BCUT2D eigenvalue weighted by atomic mass is 10.0. The first-order chi connectivity index (χ1) is 10.3. The molecule has 116 valence electrons. The minimum atomic E-state index is -0.141. The summed E-state index contributed by atoms with van der Waals surface area (Å²) in [7, 11) is 1.65. The van der Waals surface area contributed by atoms with Crippen molar-refractivity contribution in [2.45, 2.75) is 57.2 Å². The highest BCUT2D eigenvalue weighted by molar-refractivity contribution is 5.46. The Balaban J connectivity index is 1.93. The van der Waals surface area contributed by atoms with Crippen molar-refractivity contribution >= 4 is 0 Å². The predicted molar refractivity (Wildman–Crippen MR) is 81.8 cm³/mol. The number of ether oxygens (including phenoxy) is 1. The Morgan fingerprint density at radius 3 is 2.57 bits per heavy atom. The van der Waals surface area contributed by atoms with Crippen molar-refractivity contribution < 1.29 is 9.13 Å². The van der Waals surface area contributed by atoms with Crippen LogP contribution in [0.5, 0.6) is 5.75 Å². The third kappa shape index (κ3) is 2.67. The average Bonchev–Trinajstić information content (AvgIpc) is 2.69. The molecule has 1 aromatic carbocycles. The van der Waals surface area contributed by atoms with Gasteiger partial charge in [-0.3, -0.25) is 4.90 Å². The van der Waals surface area contributed by atoms with Crippen LogP contribution >= 0.6 is 0 Å². The lowest BCUT2D eigenvalue weighted by molar-refractivity contribution is 0.133. The number of rotatable bonds is 3. The van der Waals surface area contributed by atoms with Crippen LogP contribution in [0.15, 0.2) is 12.1 Å². The SMILES string of the molecule is COc1ccc(F)c2c1CN(C1CCCCCC1)C2CN. The summed E-state index contributed by atoms with van der Waals surface area (Å²) in [5.41, 5.74) is 7.76. The number of nitrogens with two attached hydrogens (primary N) is 1. The van der Waals surface area contributed by atoms with E-state index in [1.165, 1.54) is 44.6 Å². The molecule has 0 saturated heterocycles. The highest BCUT2D eigenvalue weighted by Crippen LogP contribution is 2.42. The molecule has 0 aromatic heterocycles. The monoisotopic (exact) mass is 292 g/mol. The first kappa shape index (κ1) is 14.8. The minimum Gasteiger partial charge on any atom is -0.496 e.